The van der Waals surface area contributed by atoms with Crippen LogP contribution in [0.15, 0.2) is 28.7 Å². The summed E-state index contributed by atoms with van der Waals surface area (Å²) in [5.74, 6) is 1.43. The fourth-order valence-electron chi connectivity index (χ4n) is 3.08. The van der Waals surface area contributed by atoms with Crippen molar-refractivity contribution in [2.45, 2.75) is 20.8 Å². The fourth-order valence-corrected chi connectivity index (χ4v) is 3.08. The van der Waals surface area contributed by atoms with Crippen LogP contribution < -0.4 is 9.47 Å². The molecule has 0 unspecified atom stereocenters. The van der Waals surface area contributed by atoms with Crippen LogP contribution in [0.4, 0.5) is 0 Å². The van der Waals surface area contributed by atoms with Crippen molar-refractivity contribution in [3.05, 3.63) is 52.3 Å². The third kappa shape index (κ3) is 2.61. The Balaban J connectivity index is 2.20. The van der Waals surface area contributed by atoms with E-state index in [1.54, 1.807) is 45.2 Å². The number of carbonyl (C=O) groups excluding carboxylic acids is 1. The summed E-state index contributed by atoms with van der Waals surface area (Å²) in [5, 5.41) is 10.8. The average molecular weight is 340 g/mol. The number of hydrogen-bond donors (Lipinski definition) is 1. The molecule has 0 radical (unpaired) electrons. The molecule has 3 aromatic rings. The number of methoxy groups -OCH3 is 2. The van der Waals surface area contributed by atoms with Gasteiger partial charge < -0.3 is 19.0 Å². The number of fused-ring (bicyclic) bond motifs is 1. The second-order valence-electron chi connectivity index (χ2n) is 6.00. The van der Waals surface area contributed by atoms with Gasteiger partial charge in [-0.3, -0.25) is 4.79 Å². The monoisotopic (exact) mass is 340 g/mol. The summed E-state index contributed by atoms with van der Waals surface area (Å²) in [7, 11) is 3.09. The maximum Gasteiger partial charge on any atom is 0.197 e. The van der Waals surface area contributed by atoms with Crippen molar-refractivity contribution in [3.8, 4) is 17.2 Å². The largest absolute Gasteiger partial charge is 0.504 e. The number of aromatic hydroxyl groups is 1. The molecule has 0 atom stereocenters. The fraction of sp³-hybridized carbons (Fsp3) is 0.250. The average Bonchev–Trinajstić information content (AvgIpc) is 2.93. The van der Waals surface area contributed by atoms with E-state index in [2.05, 4.69) is 0 Å². The Morgan fingerprint density at radius 3 is 2.40 bits per heavy atom. The molecule has 1 N–H and O–H groups in total. The molecule has 5 heteroatoms. The minimum absolute atomic E-state index is 0.0585. The number of phenolic OH excluding ortho intramolecular Hbond substituents is 1. The van der Waals surface area contributed by atoms with E-state index in [9.17, 15) is 9.90 Å². The Labute approximate surface area is 145 Å². The number of ketones is 1. The first-order valence-electron chi connectivity index (χ1n) is 7.88. The standard InChI is InChI=1S/C20H20O5/c1-10-6-7-14-16(12(3)25-20(14)17(10)21)18(22)13-8-11(2)19(24-5)15(9-13)23-4/h6-9,21H,1-5H3. The van der Waals surface area contributed by atoms with Gasteiger partial charge in [0.1, 0.15) is 5.76 Å². The molecule has 1 aromatic heterocycles. The summed E-state index contributed by atoms with van der Waals surface area (Å²) in [6.45, 7) is 5.36. The summed E-state index contributed by atoms with van der Waals surface area (Å²) in [5.41, 5.74) is 2.74. The summed E-state index contributed by atoms with van der Waals surface area (Å²) >= 11 is 0. The molecule has 0 saturated carbocycles. The number of benzene rings is 2. The summed E-state index contributed by atoms with van der Waals surface area (Å²) in [6, 6.07) is 6.97. The minimum atomic E-state index is -0.191. The van der Waals surface area contributed by atoms with E-state index in [0.717, 1.165) is 5.56 Å². The summed E-state index contributed by atoms with van der Waals surface area (Å²) in [4.78, 5) is 13.1. The first kappa shape index (κ1) is 16.9. The second-order valence-corrected chi connectivity index (χ2v) is 6.00. The van der Waals surface area contributed by atoms with Crippen molar-refractivity contribution in [3.63, 3.8) is 0 Å². The molecule has 2 aromatic carbocycles. The first-order chi connectivity index (χ1) is 11.9. The van der Waals surface area contributed by atoms with Gasteiger partial charge in [0, 0.05) is 10.9 Å². The Hall–Kier alpha value is -2.95. The van der Waals surface area contributed by atoms with Crippen molar-refractivity contribution in [2.24, 2.45) is 0 Å². The van der Waals surface area contributed by atoms with Crippen LogP contribution in [0.2, 0.25) is 0 Å². The van der Waals surface area contributed by atoms with Gasteiger partial charge in [-0.2, -0.15) is 0 Å². The number of furan rings is 1. The number of ether oxygens (including phenoxy) is 2. The molecule has 0 spiro atoms. The molecule has 5 nitrogen and oxygen atoms in total. The van der Waals surface area contributed by atoms with Gasteiger partial charge in [0.25, 0.3) is 0 Å². The normalized spacial score (nSPS) is 10.9. The molecule has 3 rings (SSSR count). The lowest BCUT2D eigenvalue weighted by atomic mass is 9.97. The second kappa shape index (κ2) is 6.16. The zero-order valence-electron chi connectivity index (χ0n) is 14.9. The Morgan fingerprint density at radius 2 is 1.76 bits per heavy atom. The number of hydrogen-bond acceptors (Lipinski definition) is 5. The zero-order valence-corrected chi connectivity index (χ0v) is 14.9. The van der Waals surface area contributed by atoms with E-state index in [1.807, 2.05) is 6.92 Å². The van der Waals surface area contributed by atoms with E-state index in [-0.39, 0.29) is 11.5 Å². The molecule has 25 heavy (non-hydrogen) atoms. The smallest absolute Gasteiger partial charge is 0.197 e. The molecule has 0 aliphatic carbocycles. The Bertz CT molecular complexity index is 982. The van der Waals surface area contributed by atoms with E-state index in [0.29, 0.717) is 44.9 Å². The maximum atomic E-state index is 13.1. The summed E-state index contributed by atoms with van der Waals surface area (Å²) in [6.07, 6.45) is 0. The van der Waals surface area contributed by atoms with Crippen LogP contribution in [-0.2, 0) is 0 Å². The van der Waals surface area contributed by atoms with Gasteiger partial charge in [0.05, 0.1) is 19.8 Å². The number of phenols is 1. The molecule has 0 aliphatic rings. The van der Waals surface area contributed by atoms with Gasteiger partial charge in [-0.1, -0.05) is 6.07 Å². The van der Waals surface area contributed by atoms with Crippen LogP contribution in [0.25, 0.3) is 11.0 Å². The molecule has 0 bridgehead atoms. The number of carbonyl (C=O) groups is 1. The minimum Gasteiger partial charge on any atom is -0.504 e. The SMILES string of the molecule is COc1cc(C(=O)c2c(C)oc3c(O)c(C)ccc23)cc(C)c1OC. The molecule has 0 amide bonds. The van der Waals surface area contributed by atoms with Crippen LogP contribution in [0.3, 0.4) is 0 Å². The highest BCUT2D eigenvalue weighted by Gasteiger charge is 2.23. The van der Waals surface area contributed by atoms with Gasteiger partial charge in [0.15, 0.2) is 28.6 Å². The third-order valence-corrected chi connectivity index (χ3v) is 4.36. The van der Waals surface area contributed by atoms with Crippen molar-refractivity contribution in [1.29, 1.82) is 0 Å². The van der Waals surface area contributed by atoms with E-state index >= 15 is 0 Å². The lowest BCUT2D eigenvalue weighted by Gasteiger charge is -2.12. The number of aryl methyl sites for hydroxylation is 3. The van der Waals surface area contributed by atoms with Gasteiger partial charge >= 0.3 is 0 Å². The quantitative estimate of drug-likeness (QED) is 0.717. The third-order valence-electron chi connectivity index (χ3n) is 4.36. The van der Waals surface area contributed by atoms with Crippen molar-refractivity contribution >= 4 is 16.8 Å². The van der Waals surface area contributed by atoms with Gasteiger partial charge in [-0.15, -0.1) is 0 Å². The van der Waals surface area contributed by atoms with Crippen LogP contribution >= 0.6 is 0 Å². The topological polar surface area (TPSA) is 68.9 Å². The van der Waals surface area contributed by atoms with Crippen LogP contribution in [-0.4, -0.2) is 25.1 Å². The summed E-state index contributed by atoms with van der Waals surface area (Å²) < 4.78 is 16.3. The molecule has 130 valence electrons. The molecular formula is C20H20O5. The molecule has 0 aliphatic heterocycles. The maximum absolute atomic E-state index is 13.1. The highest BCUT2D eigenvalue weighted by molar-refractivity contribution is 6.17. The van der Waals surface area contributed by atoms with E-state index in [1.165, 1.54) is 7.11 Å². The zero-order chi connectivity index (χ0) is 18.3. The molecule has 0 fully saturated rings. The predicted molar refractivity (Wildman–Crippen MR) is 95.1 cm³/mol. The predicted octanol–water partition coefficient (Wildman–Crippen LogP) is 4.31. The van der Waals surface area contributed by atoms with Crippen molar-refractivity contribution in [2.75, 3.05) is 14.2 Å². The Kier molecular flexibility index (Phi) is 4.17. The van der Waals surface area contributed by atoms with Crippen molar-refractivity contribution in [1.82, 2.24) is 0 Å². The van der Waals surface area contributed by atoms with Crippen molar-refractivity contribution < 1.29 is 23.8 Å². The molecule has 0 saturated heterocycles. The Morgan fingerprint density at radius 1 is 1.04 bits per heavy atom. The van der Waals surface area contributed by atoms with Crippen LogP contribution in [0.5, 0.6) is 17.2 Å². The highest BCUT2D eigenvalue weighted by atomic mass is 16.5. The van der Waals surface area contributed by atoms with Gasteiger partial charge in [-0.05, 0) is 50.1 Å². The van der Waals surface area contributed by atoms with Gasteiger partial charge in [0.2, 0.25) is 0 Å². The molecule has 1 heterocycles. The van der Waals surface area contributed by atoms with E-state index < -0.39 is 0 Å². The number of rotatable bonds is 4. The highest BCUT2D eigenvalue weighted by Crippen LogP contribution is 2.37. The lowest BCUT2D eigenvalue weighted by Crippen LogP contribution is -2.04. The van der Waals surface area contributed by atoms with Crippen LogP contribution in [0, 0.1) is 20.8 Å². The lowest BCUT2D eigenvalue weighted by molar-refractivity contribution is 0.103. The van der Waals surface area contributed by atoms with E-state index in [4.69, 9.17) is 13.9 Å². The van der Waals surface area contributed by atoms with Crippen LogP contribution in [0.1, 0.15) is 32.8 Å². The van der Waals surface area contributed by atoms with Gasteiger partial charge in [-0.25, -0.2) is 0 Å². The molecular weight excluding hydrogens is 320 g/mol. The first-order valence-corrected chi connectivity index (χ1v) is 7.88.